The van der Waals surface area contributed by atoms with Crippen molar-refractivity contribution in [3.05, 3.63) is 28.8 Å². The van der Waals surface area contributed by atoms with Gasteiger partial charge in [-0.3, -0.25) is 0 Å². The molecule has 1 rings (SSSR count). The van der Waals surface area contributed by atoms with Crippen LogP contribution < -0.4 is 0 Å². The predicted octanol–water partition coefficient (Wildman–Crippen LogP) is 2.46. The van der Waals surface area contributed by atoms with Crippen LogP contribution in [0.15, 0.2) is 12.1 Å². The van der Waals surface area contributed by atoms with E-state index >= 15 is 0 Å². The second kappa shape index (κ2) is 4.94. The number of aromatic hydroxyl groups is 1. The average molecular weight is 244 g/mol. The number of hydrogen-bond acceptors (Lipinski definition) is 2. The minimum absolute atomic E-state index is 0.147. The molecule has 3 heteroatoms. The first kappa shape index (κ1) is 12.5. The topological polar surface area (TPSA) is 29.5 Å². The van der Waals surface area contributed by atoms with Crippen molar-refractivity contribution in [3.8, 4) is 5.75 Å². The molecule has 0 aliphatic carbocycles. The van der Waals surface area contributed by atoms with Gasteiger partial charge in [-0.2, -0.15) is 0 Å². The molecule has 0 saturated heterocycles. The molecule has 0 atom stereocenters. The normalized spacial score (nSPS) is 10.7. The molecule has 0 unspecified atom stereocenters. The molecular weight excluding hydrogens is 228 g/mol. The van der Waals surface area contributed by atoms with Crippen molar-refractivity contribution >= 4 is 4.57 Å². The Morgan fingerprint density at radius 2 is 1.73 bits per heavy atom. The maximum atomic E-state index is 9.42. The van der Waals surface area contributed by atoms with Gasteiger partial charge in [0, 0.05) is 0 Å². The number of phenols is 1. The zero-order valence-corrected chi connectivity index (χ0v) is 10.8. The van der Waals surface area contributed by atoms with Crippen LogP contribution in [0.2, 0.25) is 0 Å². The fourth-order valence-corrected chi connectivity index (χ4v) is 2.34. The van der Waals surface area contributed by atoms with Crippen molar-refractivity contribution < 1.29 is 25.7 Å². The summed E-state index contributed by atoms with van der Waals surface area (Å²) < 4.78 is 6.41. The Hall–Kier alpha value is -0.618. The van der Waals surface area contributed by atoms with Gasteiger partial charge in [-0.1, -0.05) is 0 Å². The van der Waals surface area contributed by atoms with Crippen LogP contribution in [0.5, 0.6) is 5.75 Å². The van der Waals surface area contributed by atoms with Gasteiger partial charge in [0.25, 0.3) is 0 Å². The molecule has 82 valence electrons. The summed E-state index contributed by atoms with van der Waals surface area (Å²) in [5.41, 5.74) is 3.07. The van der Waals surface area contributed by atoms with Gasteiger partial charge < -0.3 is 0 Å². The van der Waals surface area contributed by atoms with Crippen molar-refractivity contribution in [1.29, 1.82) is 0 Å². The number of aryl methyl sites for hydroxylation is 2. The SMILES string of the molecule is Cc1cc(O)cc(C)c1[C](=[Cr])OC(C)C. The molecular formula is C12H16CrO2. The monoisotopic (exact) mass is 244 g/mol. The van der Waals surface area contributed by atoms with Gasteiger partial charge in [-0.15, -0.1) is 0 Å². The van der Waals surface area contributed by atoms with E-state index in [0.29, 0.717) is 5.75 Å². The maximum absolute atomic E-state index is 9.42. The molecule has 0 spiro atoms. The van der Waals surface area contributed by atoms with E-state index in [1.165, 1.54) is 0 Å². The number of ether oxygens (including phenoxy) is 1. The van der Waals surface area contributed by atoms with E-state index in [-0.39, 0.29) is 6.10 Å². The van der Waals surface area contributed by atoms with Crippen LogP contribution in [0.4, 0.5) is 0 Å². The Morgan fingerprint density at radius 1 is 1.27 bits per heavy atom. The van der Waals surface area contributed by atoms with Crippen LogP contribution in [0, 0.1) is 13.8 Å². The summed E-state index contributed by atoms with van der Waals surface area (Å²) in [6.45, 7) is 7.90. The molecule has 1 N–H and O–H groups in total. The van der Waals surface area contributed by atoms with Crippen LogP contribution in [-0.4, -0.2) is 15.8 Å². The van der Waals surface area contributed by atoms with Crippen molar-refractivity contribution in [1.82, 2.24) is 0 Å². The summed E-state index contributed by atoms with van der Waals surface area (Å²) in [5.74, 6) is 0.297. The first-order valence-electron chi connectivity index (χ1n) is 4.93. The summed E-state index contributed by atoms with van der Waals surface area (Å²) in [5, 5.41) is 9.42. The number of rotatable bonds is 3. The third kappa shape index (κ3) is 3.17. The number of hydrogen-bond donors (Lipinski definition) is 1. The Balaban J connectivity index is 3.09. The molecule has 15 heavy (non-hydrogen) atoms. The second-order valence-electron chi connectivity index (χ2n) is 3.91. The van der Waals surface area contributed by atoms with Crippen LogP contribution in [0.1, 0.15) is 30.5 Å². The van der Waals surface area contributed by atoms with E-state index in [2.05, 4.69) is 15.9 Å². The van der Waals surface area contributed by atoms with E-state index in [1.54, 1.807) is 12.1 Å². The van der Waals surface area contributed by atoms with Gasteiger partial charge in [0.2, 0.25) is 0 Å². The Morgan fingerprint density at radius 3 is 2.13 bits per heavy atom. The van der Waals surface area contributed by atoms with E-state index < -0.39 is 0 Å². The Labute approximate surface area is 98.9 Å². The molecule has 0 aliphatic heterocycles. The molecule has 0 bridgehead atoms. The minimum atomic E-state index is 0.147. The van der Waals surface area contributed by atoms with Gasteiger partial charge in [0.1, 0.15) is 0 Å². The standard InChI is InChI=1S/C12H16O2.Cr/c1-8(2)14-7-12-9(3)5-11(13)6-10(12)4;/h5-6,8,13H,1-4H3;. The molecule has 0 radical (unpaired) electrons. The van der Waals surface area contributed by atoms with Crippen LogP contribution >= 0.6 is 0 Å². The summed E-state index contributed by atoms with van der Waals surface area (Å²) in [7, 11) is 0. The molecule has 0 heterocycles. The van der Waals surface area contributed by atoms with Gasteiger partial charge in [-0.05, 0) is 0 Å². The van der Waals surface area contributed by atoms with Gasteiger partial charge >= 0.3 is 98.6 Å². The average Bonchev–Trinajstić information content (AvgIpc) is 1.99. The predicted molar refractivity (Wildman–Crippen MR) is 57.9 cm³/mol. The summed E-state index contributed by atoms with van der Waals surface area (Å²) in [6, 6.07) is 3.48. The number of benzene rings is 1. The molecule has 2 nitrogen and oxygen atoms in total. The Bertz CT molecular complexity index is 360. The molecule has 1 aromatic carbocycles. The molecule has 0 fully saturated rings. The third-order valence-corrected chi connectivity index (χ3v) is 2.53. The van der Waals surface area contributed by atoms with Crippen LogP contribution in [0.25, 0.3) is 0 Å². The van der Waals surface area contributed by atoms with Crippen molar-refractivity contribution in [2.24, 2.45) is 0 Å². The quantitative estimate of drug-likeness (QED) is 0.885. The summed E-state index contributed by atoms with van der Waals surface area (Å²) >= 11 is 2.94. The zero-order chi connectivity index (χ0) is 11.6. The van der Waals surface area contributed by atoms with Gasteiger partial charge in [0.15, 0.2) is 0 Å². The molecule has 0 saturated carbocycles. The molecule has 1 aromatic rings. The van der Waals surface area contributed by atoms with Crippen LogP contribution in [-0.2, 0) is 20.6 Å². The van der Waals surface area contributed by atoms with Gasteiger partial charge in [0.05, 0.1) is 0 Å². The molecule has 0 aliphatic rings. The third-order valence-electron chi connectivity index (χ3n) is 2.06. The van der Waals surface area contributed by atoms with E-state index in [4.69, 9.17) is 4.74 Å². The fraction of sp³-hybridized carbons (Fsp3) is 0.417. The van der Waals surface area contributed by atoms with E-state index in [0.717, 1.165) is 21.3 Å². The number of phenolic OH excluding ortho intramolecular Hbond substituents is 1. The van der Waals surface area contributed by atoms with E-state index in [1.807, 2.05) is 27.7 Å². The first-order chi connectivity index (χ1) is 6.91. The van der Waals surface area contributed by atoms with Crippen molar-refractivity contribution in [2.75, 3.05) is 0 Å². The van der Waals surface area contributed by atoms with Crippen molar-refractivity contribution in [3.63, 3.8) is 0 Å². The van der Waals surface area contributed by atoms with Crippen LogP contribution in [0.3, 0.4) is 0 Å². The molecule has 0 amide bonds. The fourth-order valence-electron chi connectivity index (χ4n) is 1.54. The Kier molecular flexibility index (Phi) is 4.10. The second-order valence-corrected chi connectivity index (χ2v) is 4.49. The summed E-state index contributed by atoms with van der Waals surface area (Å²) in [6.07, 6.45) is 0.147. The van der Waals surface area contributed by atoms with Crippen molar-refractivity contribution in [2.45, 2.75) is 33.8 Å². The first-order valence-corrected chi connectivity index (χ1v) is 5.56. The van der Waals surface area contributed by atoms with E-state index in [9.17, 15) is 5.11 Å². The summed E-state index contributed by atoms with van der Waals surface area (Å²) in [4.78, 5) is 0. The molecule has 0 aromatic heterocycles. The zero-order valence-electron chi connectivity index (χ0n) is 9.50. The van der Waals surface area contributed by atoms with Gasteiger partial charge in [-0.25, -0.2) is 0 Å².